The Kier molecular flexibility index (Phi) is 10.2. The topological polar surface area (TPSA) is 82.1 Å². The molecule has 0 aromatic carbocycles. The van der Waals surface area contributed by atoms with Crippen LogP contribution in [0, 0.1) is 17.8 Å². The van der Waals surface area contributed by atoms with E-state index in [-0.39, 0.29) is 41.9 Å². The van der Waals surface area contributed by atoms with Gasteiger partial charge in [0.25, 0.3) is 0 Å². The molecule has 30 heavy (non-hydrogen) atoms. The molecule has 172 valence electrons. The van der Waals surface area contributed by atoms with Crippen LogP contribution in [-0.4, -0.2) is 55.7 Å². The summed E-state index contributed by atoms with van der Waals surface area (Å²) in [6.45, 7) is 1.99. The fourth-order valence-electron chi connectivity index (χ4n) is 4.74. The third-order valence-corrected chi connectivity index (χ3v) is 6.45. The van der Waals surface area contributed by atoms with Crippen LogP contribution in [0.2, 0.25) is 0 Å². The van der Waals surface area contributed by atoms with E-state index in [9.17, 15) is 19.1 Å². The molecule has 0 aromatic heterocycles. The van der Waals surface area contributed by atoms with E-state index in [4.69, 9.17) is 9.47 Å². The van der Waals surface area contributed by atoms with Crippen LogP contribution in [0.1, 0.15) is 64.7 Å². The molecule has 2 rings (SSSR count). The lowest BCUT2D eigenvalue weighted by atomic mass is 9.85. The molecule has 7 heteroatoms. The van der Waals surface area contributed by atoms with Gasteiger partial charge in [0.2, 0.25) is 0 Å². The first kappa shape index (κ1) is 24.8. The number of unbranched alkanes of at least 4 members (excludes halogenated alkanes) is 2. The van der Waals surface area contributed by atoms with Gasteiger partial charge < -0.3 is 19.3 Å². The van der Waals surface area contributed by atoms with Crippen molar-refractivity contribution in [3.8, 4) is 0 Å². The monoisotopic (exact) mass is 428 g/mol. The van der Waals surface area contributed by atoms with Gasteiger partial charge in [0.1, 0.15) is 12.3 Å². The number of hydrogen-bond acceptors (Lipinski definition) is 6. The highest BCUT2D eigenvalue weighted by Gasteiger charge is 2.51. The van der Waals surface area contributed by atoms with E-state index in [0.717, 1.165) is 38.5 Å². The Morgan fingerprint density at radius 1 is 1.20 bits per heavy atom. The van der Waals surface area contributed by atoms with Crippen LogP contribution in [0.15, 0.2) is 12.2 Å². The van der Waals surface area contributed by atoms with Crippen molar-refractivity contribution in [2.24, 2.45) is 17.8 Å². The predicted octanol–water partition coefficient (Wildman–Crippen LogP) is 3.75. The van der Waals surface area contributed by atoms with Crippen LogP contribution >= 0.6 is 0 Å². The first-order chi connectivity index (χ1) is 14.4. The zero-order chi connectivity index (χ0) is 22.1. The Morgan fingerprint density at radius 2 is 1.97 bits per heavy atom. The van der Waals surface area contributed by atoms with E-state index in [2.05, 4.69) is 4.74 Å². The van der Waals surface area contributed by atoms with Crippen molar-refractivity contribution in [2.75, 3.05) is 14.2 Å². The van der Waals surface area contributed by atoms with Crippen LogP contribution in [0.3, 0.4) is 0 Å². The molecule has 1 heterocycles. The summed E-state index contributed by atoms with van der Waals surface area (Å²) in [5.74, 6) is -0.793. The molecule has 0 unspecified atom stereocenters. The largest absolute Gasteiger partial charge is 0.469 e. The second kappa shape index (κ2) is 12.4. The first-order valence-electron chi connectivity index (χ1n) is 11.2. The van der Waals surface area contributed by atoms with E-state index < -0.39 is 12.3 Å². The smallest absolute Gasteiger partial charge is 0.309 e. The zero-order valence-electron chi connectivity index (χ0n) is 18.4. The van der Waals surface area contributed by atoms with Gasteiger partial charge in [-0.1, -0.05) is 38.3 Å². The number of aliphatic hydroxyl groups is 1. The maximum atomic E-state index is 14.1. The van der Waals surface area contributed by atoms with Crippen molar-refractivity contribution in [1.82, 2.24) is 0 Å². The molecular formula is C23H37FO6. The standard InChI is InChI=1S/C23H37FO6/c1-4-5-9-19(24)20(25)12-11-16-17-13-15(8-6-7-10-22(26)28-2)30-21(17)14-18(16)23(27)29-3/h11-12,15-21,25H,4-10,13-14H2,1-3H3/b12-11+/t15-,16+,17-,18-,19-,20-,21+/m1/s1. The van der Waals surface area contributed by atoms with E-state index in [1.165, 1.54) is 20.3 Å². The molecule has 0 bridgehead atoms. The summed E-state index contributed by atoms with van der Waals surface area (Å²) in [5.41, 5.74) is 0. The van der Waals surface area contributed by atoms with Crippen LogP contribution in [0.5, 0.6) is 0 Å². The van der Waals surface area contributed by atoms with Crippen LogP contribution < -0.4 is 0 Å². The molecule has 1 aliphatic heterocycles. The molecule has 0 radical (unpaired) electrons. The number of carbonyl (C=O) groups is 2. The van der Waals surface area contributed by atoms with Crippen molar-refractivity contribution in [1.29, 1.82) is 0 Å². The number of ether oxygens (including phenoxy) is 3. The van der Waals surface area contributed by atoms with Gasteiger partial charge in [-0.05, 0) is 43.9 Å². The summed E-state index contributed by atoms with van der Waals surface area (Å²) in [6, 6.07) is 0. The number of rotatable bonds is 12. The Labute approximate surface area is 179 Å². The molecule has 2 aliphatic rings. The molecule has 0 spiro atoms. The lowest BCUT2D eigenvalue weighted by Crippen LogP contribution is -2.25. The number of esters is 2. The van der Waals surface area contributed by atoms with Gasteiger partial charge in [0.15, 0.2) is 0 Å². The van der Waals surface area contributed by atoms with E-state index >= 15 is 0 Å². The molecule has 1 aliphatic carbocycles. The van der Waals surface area contributed by atoms with E-state index in [0.29, 0.717) is 19.3 Å². The summed E-state index contributed by atoms with van der Waals surface area (Å²) in [5, 5.41) is 10.1. The predicted molar refractivity (Wildman–Crippen MR) is 110 cm³/mol. The van der Waals surface area contributed by atoms with Gasteiger partial charge in [-0.15, -0.1) is 0 Å². The maximum absolute atomic E-state index is 14.1. The van der Waals surface area contributed by atoms with Crippen molar-refractivity contribution in [2.45, 2.75) is 89.2 Å². The minimum absolute atomic E-state index is 0.0345. The zero-order valence-corrected chi connectivity index (χ0v) is 18.4. The van der Waals surface area contributed by atoms with Gasteiger partial charge in [-0.25, -0.2) is 4.39 Å². The molecule has 1 N–H and O–H groups in total. The lowest BCUT2D eigenvalue weighted by Gasteiger charge is -2.20. The maximum Gasteiger partial charge on any atom is 0.309 e. The second-order valence-electron chi connectivity index (χ2n) is 8.49. The molecule has 1 saturated carbocycles. The number of fused-ring (bicyclic) bond motifs is 1. The van der Waals surface area contributed by atoms with Crippen LogP contribution in [-0.2, 0) is 23.8 Å². The van der Waals surface area contributed by atoms with Crippen LogP contribution in [0.25, 0.3) is 0 Å². The molecule has 0 aromatic rings. The number of allylic oxidation sites excluding steroid dienone is 1. The lowest BCUT2D eigenvalue weighted by molar-refractivity contribution is -0.146. The molecule has 6 nitrogen and oxygen atoms in total. The van der Waals surface area contributed by atoms with Gasteiger partial charge in [0, 0.05) is 6.42 Å². The normalized spacial score (nSPS) is 30.2. The van der Waals surface area contributed by atoms with Gasteiger partial charge in [0.05, 0.1) is 32.3 Å². The fraction of sp³-hybridized carbons (Fsp3) is 0.826. The second-order valence-corrected chi connectivity index (χ2v) is 8.49. The summed E-state index contributed by atoms with van der Waals surface area (Å²) < 4.78 is 29.9. The van der Waals surface area contributed by atoms with Crippen molar-refractivity contribution in [3.05, 3.63) is 12.2 Å². The summed E-state index contributed by atoms with van der Waals surface area (Å²) in [4.78, 5) is 23.5. The van der Waals surface area contributed by atoms with Crippen molar-refractivity contribution >= 4 is 11.9 Å². The summed E-state index contributed by atoms with van der Waals surface area (Å²) in [6.07, 6.45) is 7.15. The summed E-state index contributed by atoms with van der Waals surface area (Å²) >= 11 is 0. The Balaban J connectivity index is 1.93. The van der Waals surface area contributed by atoms with Gasteiger partial charge in [-0.3, -0.25) is 9.59 Å². The number of methoxy groups -OCH3 is 2. The molecular weight excluding hydrogens is 391 g/mol. The first-order valence-corrected chi connectivity index (χ1v) is 11.2. The fourth-order valence-corrected chi connectivity index (χ4v) is 4.74. The van der Waals surface area contributed by atoms with E-state index in [1.807, 2.05) is 6.92 Å². The molecule has 1 saturated heterocycles. The molecule has 7 atom stereocenters. The SMILES string of the molecule is CCCC[C@@H](F)[C@H](O)/C=C/[C@H]1[C@H]2C[C@@H](CCCCC(=O)OC)O[C@H]2C[C@H]1C(=O)OC. The Bertz CT molecular complexity index is 580. The average Bonchev–Trinajstić information content (AvgIpc) is 3.30. The third-order valence-electron chi connectivity index (χ3n) is 6.45. The van der Waals surface area contributed by atoms with Gasteiger partial charge >= 0.3 is 11.9 Å². The Hall–Kier alpha value is -1.47. The number of alkyl halides is 1. The number of hydrogen-bond donors (Lipinski definition) is 1. The van der Waals surface area contributed by atoms with Gasteiger partial charge in [-0.2, -0.15) is 0 Å². The highest BCUT2D eigenvalue weighted by atomic mass is 19.1. The average molecular weight is 429 g/mol. The van der Waals surface area contributed by atoms with Crippen LogP contribution in [0.4, 0.5) is 4.39 Å². The summed E-state index contributed by atoms with van der Waals surface area (Å²) in [7, 11) is 2.76. The quantitative estimate of drug-likeness (QED) is 0.290. The minimum atomic E-state index is -1.29. The van der Waals surface area contributed by atoms with E-state index in [1.54, 1.807) is 6.08 Å². The number of aliphatic hydroxyl groups excluding tert-OH is 1. The number of halogens is 1. The number of carbonyl (C=O) groups excluding carboxylic acids is 2. The van der Waals surface area contributed by atoms with Crippen molar-refractivity contribution < 1.29 is 33.3 Å². The highest BCUT2D eigenvalue weighted by Crippen LogP contribution is 2.48. The molecule has 2 fully saturated rings. The molecule has 0 amide bonds. The highest BCUT2D eigenvalue weighted by molar-refractivity contribution is 5.73. The minimum Gasteiger partial charge on any atom is -0.469 e. The third kappa shape index (κ3) is 6.77. The Morgan fingerprint density at radius 3 is 2.63 bits per heavy atom. The van der Waals surface area contributed by atoms with Crippen molar-refractivity contribution in [3.63, 3.8) is 0 Å².